The minimum Gasteiger partial charge on any atom is -0.370 e. The maximum Gasteiger partial charge on any atom is 0.243 e. The van der Waals surface area contributed by atoms with Gasteiger partial charge < -0.3 is 15.5 Å². The lowest BCUT2D eigenvalue weighted by atomic mass is 10.2. The zero-order valence-electron chi connectivity index (χ0n) is 17.0. The molecule has 1 saturated heterocycles. The average molecular weight is 445 g/mol. The summed E-state index contributed by atoms with van der Waals surface area (Å²) in [6.07, 6.45) is 5.41. The van der Waals surface area contributed by atoms with Gasteiger partial charge in [0.1, 0.15) is 0 Å². The SMILES string of the molecule is CCN(CC)S(=O)(=O)c1ccc(N2CCCC2)c(NC(=S)NCCCSC)c1. The van der Waals surface area contributed by atoms with E-state index in [0.717, 1.165) is 56.0 Å². The molecule has 1 aromatic carbocycles. The third-order valence-corrected chi connectivity index (χ3v) is 7.81. The molecule has 0 amide bonds. The van der Waals surface area contributed by atoms with Gasteiger partial charge >= 0.3 is 0 Å². The lowest BCUT2D eigenvalue weighted by Crippen LogP contribution is -2.32. The Balaban J connectivity index is 2.27. The Bertz CT molecular complexity index is 746. The van der Waals surface area contributed by atoms with Crippen LogP contribution in [0.25, 0.3) is 0 Å². The summed E-state index contributed by atoms with van der Waals surface area (Å²) in [5, 5.41) is 6.98. The third-order valence-electron chi connectivity index (χ3n) is 4.82. The standard InChI is InChI=1S/C19H32N4O2S3/c1-4-23(5-2)28(24,25)16-9-10-18(22-12-6-7-13-22)17(15-16)21-19(26)20-11-8-14-27-3/h9-10,15H,4-8,11-14H2,1-3H3,(H2,20,21,26). The summed E-state index contributed by atoms with van der Waals surface area (Å²) in [7, 11) is -3.52. The van der Waals surface area contributed by atoms with Crippen molar-refractivity contribution in [3.63, 3.8) is 0 Å². The molecular formula is C19H32N4O2S3. The summed E-state index contributed by atoms with van der Waals surface area (Å²) < 4.78 is 27.4. The van der Waals surface area contributed by atoms with Crippen LogP contribution in [0.4, 0.5) is 11.4 Å². The molecule has 0 bridgehead atoms. The first kappa shape index (κ1) is 23.3. The lowest BCUT2D eigenvalue weighted by Gasteiger charge is -2.24. The molecule has 1 fully saturated rings. The molecule has 0 aromatic heterocycles. The highest BCUT2D eigenvalue weighted by molar-refractivity contribution is 7.98. The number of nitrogens with zero attached hydrogens (tertiary/aromatic N) is 2. The van der Waals surface area contributed by atoms with Crippen LogP contribution in [-0.4, -0.2) is 62.6 Å². The molecule has 0 unspecified atom stereocenters. The lowest BCUT2D eigenvalue weighted by molar-refractivity contribution is 0.445. The fourth-order valence-electron chi connectivity index (χ4n) is 3.31. The number of nitrogens with one attached hydrogen (secondary N) is 2. The van der Waals surface area contributed by atoms with Crippen molar-refractivity contribution in [3.8, 4) is 0 Å². The zero-order valence-corrected chi connectivity index (χ0v) is 19.5. The van der Waals surface area contributed by atoms with Gasteiger partial charge in [-0.15, -0.1) is 0 Å². The highest BCUT2D eigenvalue weighted by Crippen LogP contribution is 2.32. The average Bonchev–Trinajstić information content (AvgIpc) is 3.20. The van der Waals surface area contributed by atoms with Gasteiger partial charge in [0.2, 0.25) is 10.0 Å². The summed E-state index contributed by atoms with van der Waals surface area (Å²) in [6.45, 7) is 7.35. The van der Waals surface area contributed by atoms with Gasteiger partial charge in [-0.2, -0.15) is 16.1 Å². The van der Waals surface area contributed by atoms with Crippen molar-refractivity contribution in [2.45, 2.75) is 38.0 Å². The highest BCUT2D eigenvalue weighted by atomic mass is 32.2. The summed E-state index contributed by atoms with van der Waals surface area (Å²) in [4.78, 5) is 2.58. The number of hydrogen-bond donors (Lipinski definition) is 2. The number of anilines is 2. The van der Waals surface area contributed by atoms with Gasteiger partial charge in [0.05, 0.1) is 16.3 Å². The van der Waals surface area contributed by atoms with Crippen molar-refractivity contribution in [2.24, 2.45) is 0 Å². The second-order valence-corrected chi connectivity index (χ2v) is 10.0. The monoisotopic (exact) mass is 444 g/mol. The van der Waals surface area contributed by atoms with E-state index in [0.29, 0.717) is 23.1 Å². The topological polar surface area (TPSA) is 64.7 Å². The molecule has 1 aromatic rings. The molecule has 2 rings (SSSR count). The van der Waals surface area contributed by atoms with Crippen LogP contribution in [-0.2, 0) is 10.0 Å². The maximum atomic E-state index is 12.9. The van der Waals surface area contributed by atoms with E-state index in [-0.39, 0.29) is 0 Å². The van der Waals surface area contributed by atoms with Crippen LogP contribution < -0.4 is 15.5 Å². The normalized spacial score (nSPS) is 14.5. The first-order valence-corrected chi connectivity index (χ1v) is 13.1. The van der Waals surface area contributed by atoms with E-state index in [4.69, 9.17) is 12.2 Å². The largest absolute Gasteiger partial charge is 0.370 e. The van der Waals surface area contributed by atoms with Crippen LogP contribution in [0.5, 0.6) is 0 Å². The number of hydrogen-bond acceptors (Lipinski definition) is 5. The molecule has 0 atom stereocenters. The molecular weight excluding hydrogens is 412 g/mol. The molecule has 0 aliphatic carbocycles. The van der Waals surface area contributed by atoms with E-state index in [9.17, 15) is 8.42 Å². The molecule has 1 heterocycles. The van der Waals surface area contributed by atoms with Gasteiger partial charge in [-0.05, 0) is 61.7 Å². The Morgan fingerprint density at radius 3 is 2.54 bits per heavy atom. The Morgan fingerprint density at radius 2 is 1.93 bits per heavy atom. The molecule has 6 nitrogen and oxygen atoms in total. The minimum atomic E-state index is -3.52. The number of thiocarbonyl (C=S) groups is 1. The molecule has 9 heteroatoms. The number of benzene rings is 1. The predicted molar refractivity (Wildman–Crippen MR) is 125 cm³/mol. The smallest absolute Gasteiger partial charge is 0.243 e. The fraction of sp³-hybridized carbons (Fsp3) is 0.632. The Labute approximate surface area is 179 Å². The van der Waals surface area contributed by atoms with E-state index >= 15 is 0 Å². The minimum absolute atomic E-state index is 0.298. The van der Waals surface area contributed by atoms with Crippen molar-refractivity contribution < 1.29 is 8.42 Å². The van der Waals surface area contributed by atoms with E-state index in [1.165, 1.54) is 4.31 Å². The molecule has 0 saturated carbocycles. The molecule has 1 aliphatic rings. The number of sulfonamides is 1. The van der Waals surface area contributed by atoms with E-state index < -0.39 is 10.0 Å². The summed E-state index contributed by atoms with van der Waals surface area (Å²) >= 11 is 7.25. The molecule has 28 heavy (non-hydrogen) atoms. The van der Waals surface area contributed by atoms with Gasteiger partial charge in [0.15, 0.2) is 5.11 Å². The van der Waals surface area contributed by atoms with Crippen molar-refractivity contribution in [1.29, 1.82) is 0 Å². The second-order valence-electron chi connectivity index (χ2n) is 6.69. The Morgan fingerprint density at radius 1 is 1.25 bits per heavy atom. The van der Waals surface area contributed by atoms with Gasteiger partial charge in [0.25, 0.3) is 0 Å². The Kier molecular flexibility index (Phi) is 9.33. The molecule has 2 N–H and O–H groups in total. The first-order valence-electron chi connectivity index (χ1n) is 9.87. The van der Waals surface area contributed by atoms with E-state index in [2.05, 4.69) is 21.8 Å². The fourth-order valence-corrected chi connectivity index (χ4v) is 5.44. The van der Waals surface area contributed by atoms with Crippen LogP contribution in [0.1, 0.15) is 33.1 Å². The summed E-state index contributed by atoms with van der Waals surface area (Å²) in [5.74, 6) is 1.08. The van der Waals surface area contributed by atoms with Crippen molar-refractivity contribution >= 4 is 50.5 Å². The van der Waals surface area contributed by atoms with Gasteiger partial charge in [-0.1, -0.05) is 13.8 Å². The second kappa shape index (κ2) is 11.2. The molecule has 0 spiro atoms. The quantitative estimate of drug-likeness (QED) is 0.424. The number of rotatable bonds is 10. The highest BCUT2D eigenvalue weighted by Gasteiger charge is 2.24. The van der Waals surface area contributed by atoms with Crippen LogP contribution in [0, 0.1) is 0 Å². The van der Waals surface area contributed by atoms with Crippen molar-refractivity contribution in [3.05, 3.63) is 18.2 Å². The third kappa shape index (κ3) is 5.98. The van der Waals surface area contributed by atoms with Gasteiger partial charge in [-0.25, -0.2) is 8.42 Å². The summed E-state index contributed by atoms with van der Waals surface area (Å²) in [6, 6.07) is 5.33. The van der Waals surface area contributed by atoms with Crippen molar-refractivity contribution in [1.82, 2.24) is 9.62 Å². The maximum absolute atomic E-state index is 12.9. The van der Waals surface area contributed by atoms with Crippen LogP contribution >= 0.6 is 24.0 Å². The summed E-state index contributed by atoms with van der Waals surface area (Å²) in [5.41, 5.74) is 1.75. The van der Waals surface area contributed by atoms with Crippen LogP contribution in [0.2, 0.25) is 0 Å². The predicted octanol–water partition coefficient (Wildman–Crippen LogP) is 3.36. The number of thioether (sulfide) groups is 1. The van der Waals surface area contributed by atoms with Crippen molar-refractivity contribution in [2.75, 3.05) is 54.9 Å². The van der Waals surface area contributed by atoms with Gasteiger partial charge in [-0.3, -0.25) is 0 Å². The Hall–Kier alpha value is -1.03. The van der Waals surface area contributed by atoms with Crippen LogP contribution in [0.15, 0.2) is 23.1 Å². The van der Waals surface area contributed by atoms with E-state index in [1.54, 1.807) is 23.9 Å². The van der Waals surface area contributed by atoms with E-state index in [1.807, 2.05) is 19.9 Å². The zero-order chi connectivity index (χ0) is 20.6. The first-order chi connectivity index (χ1) is 13.4. The van der Waals surface area contributed by atoms with Gasteiger partial charge in [0, 0.05) is 32.7 Å². The molecule has 0 radical (unpaired) electrons. The molecule has 158 valence electrons. The molecule has 1 aliphatic heterocycles. The van der Waals surface area contributed by atoms with Crippen LogP contribution in [0.3, 0.4) is 0 Å².